The molecule has 2 aliphatic rings. The molecule has 0 N–H and O–H groups in total. The van der Waals surface area contributed by atoms with Crippen molar-refractivity contribution in [1.29, 1.82) is 0 Å². The molecule has 0 radical (unpaired) electrons. The number of para-hydroxylation sites is 1. The molecule has 0 unspecified atom stereocenters. The number of aliphatic imine (C=N–C) groups is 1. The highest BCUT2D eigenvalue weighted by atomic mass is 19.4. The number of piperazine rings is 1. The van der Waals surface area contributed by atoms with Crippen LogP contribution in [0.4, 0.5) is 24.5 Å². The zero-order chi connectivity index (χ0) is 24.4. The molecule has 1 fully saturated rings. The van der Waals surface area contributed by atoms with Crippen molar-refractivity contribution in [2.45, 2.75) is 12.7 Å². The molecule has 35 heavy (non-hydrogen) atoms. The number of anilines is 1. The van der Waals surface area contributed by atoms with Gasteiger partial charge in [0.15, 0.2) is 0 Å². The Morgan fingerprint density at radius 1 is 0.800 bits per heavy atom. The Morgan fingerprint density at radius 2 is 1.49 bits per heavy atom. The summed E-state index contributed by atoms with van der Waals surface area (Å²) in [7, 11) is 0. The first-order valence-electron chi connectivity index (χ1n) is 11.5. The Balaban J connectivity index is 1.31. The normalized spacial score (nSPS) is 18.3. The zero-order valence-electron chi connectivity index (χ0n) is 19.1. The van der Waals surface area contributed by atoms with Gasteiger partial charge in [-0.3, -0.25) is 19.5 Å². The minimum atomic E-state index is -4.47. The van der Waals surface area contributed by atoms with Crippen molar-refractivity contribution in [1.82, 2.24) is 9.80 Å². The first-order valence-corrected chi connectivity index (χ1v) is 11.5. The van der Waals surface area contributed by atoms with E-state index in [1.807, 2.05) is 30.3 Å². The number of carbonyl (C=O) groups is 1. The van der Waals surface area contributed by atoms with Crippen LogP contribution in [0.15, 0.2) is 83.9 Å². The van der Waals surface area contributed by atoms with E-state index in [0.717, 1.165) is 50.5 Å². The van der Waals surface area contributed by atoms with Crippen LogP contribution in [-0.4, -0.2) is 54.3 Å². The third kappa shape index (κ3) is 5.13. The fourth-order valence-corrected chi connectivity index (χ4v) is 4.52. The molecule has 180 valence electrons. The molecule has 3 aromatic carbocycles. The maximum absolute atomic E-state index is 13.4. The first kappa shape index (κ1) is 23.3. The third-order valence-electron chi connectivity index (χ3n) is 6.37. The Bertz CT molecular complexity index is 1230. The lowest BCUT2D eigenvalue weighted by Gasteiger charge is -2.36. The van der Waals surface area contributed by atoms with E-state index in [9.17, 15) is 18.0 Å². The number of hydrogen-bond acceptors (Lipinski definition) is 4. The van der Waals surface area contributed by atoms with Gasteiger partial charge in [0.25, 0.3) is 5.91 Å². The summed E-state index contributed by atoms with van der Waals surface area (Å²) in [5.41, 5.74) is 2.13. The highest BCUT2D eigenvalue weighted by molar-refractivity contribution is 6.54. The molecule has 0 spiro atoms. The molecule has 5 nitrogen and oxygen atoms in total. The zero-order valence-corrected chi connectivity index (χ0v) is 19.1. The van der Waals surface area contributed by atoms with Gasteiger partial charge in [0.05, 0.1) is 23.6 Å². The lowest BCUT2D eigenvalue weighted by atomic mass is 10.1. The van der Waals surface area contributed by atoms with E-state index in [0.29, 0.717) is 12.2 Å². The van der Waals surface area contributed by atoms with E-state index in [-0.39, 0.29) is 17.3 Å². The summed E-state index contributed by atoms with van der Waals surface area (Å²) in [6.07, 6.45) is -4.47. The van der Waals surface area contributed by atoms with Crippen LogP contribution in [0.5, 0.6) is 0 Å². The summed E-state index contributed by atoms with van der Waals surface area (Å²) in [5, 5.41) is 0. The number of rotatable bonds is 5. The lowest BCUT2D eigenvalue weighted by molar-refractivity contribution is -0.137. The van der Waals surface area contributed by atoms with E-state index < -0.39 is 11.7 Å². The summed E-state index contributed by atoms with van der Waals surface area (Å²) in [6.45, 7) is 4.73. The van der Waals surface area contributed by atoms with Crippen molar-refractivity contribution >= 4 is 23.0 Å². The molecular weight excluding hydrogens is 453 g/mol. The number of benzene rings is 3. The molecule has 0 bridgehead atoms. The van der Waals surface area contributed by atoms with Crippen molar-refractivity contribution in [3.05, 3.63) is 95.6 Å². The second-order valence-electron chi connectivity index (χ2n) is 8.78. The van der Waals surface area contributed by atoms with Crippen LogP contribution in [-0.2, 0) is 17.5 Å². The average Bonchev–Trinajstić information content (AvgIpc) is 3.11. The van der Waals surface area contributed by atoms with Gasteiger partial charge < -0.3 is 0 Å². The van der Waals surface area contributed by atoms with Gasteiger partial charge in [0.2, 0.25) is 0 Å². The molecule has 2 heterocycles. The Labute approximate surface area is 202 Å². The van der Waals surface area contributed by atoms with E-state index in [1.165, 1.54) is 17.7 Å². The molecular formula is C27H25F3N4O. The minimum Gasteiger partial charge on any atom is -0.297 e. The van der Waals surface area contributed by atoms with Crippen molar-refractivity contribution in [3.8, 4) is 0 Å². The number of fused-ring (bicyclic) bond motifs is 1. The summed E-state index contributed by atoms with van der Waals surface area (Å²) in [6, 6.07) is 22.4. The quantitative estimate of drug-likeness (QED) is 0.521. The van der Waals surface area contributed by atoms with Crippen molar-refractivity contribution < 1.29 is 18.0 Å². The largest absolute Gasteiger partial charge is 0.416 e. The topological polar surface area (TPSA) is 39.2 Å². The van der Waals surface area contributed by atoms with Crippen LogP contribution in [0.3, 0.4) is 0 Å². The molecule has 1 amide bonds. The van der Waals surface area contributed by atoms with Gasteiger partial charge in [-0.15, -0.1) is 0 Å². The van der Waals surface area contributed by atoms with Crippen molar-refractivity contribution in [2.75, 3.05) is 37.7 Å². The standard InChI is InChI=1S/C27H25F3N4O/c28-27(29,30)21-9-6-10-22(17-21)31-25-23-11-4-5-12-24(23)34(26(25)35)19-33-15-13-32(14-16-33)18-20-7-2-1-3-8-20/h1-12,17H,13-16,18-19H2. The van der Waals surface area contributed by atoms with E-state index in [2.05, 4.69) is 26.9 Å². The molecule has 3 aromatic rings. The lowest BCUT2D eigenvalue weighted by Crippen LogP contribution is -2.50. The molecule has 0 aromatic heterocycles. The molecule has 8 heteroatoms. The monoisotopic (exact) mass is 478 g/mol. The highest BCUT2D eigenvalue weighted by Gasteiger charge is 2.35. The Kier molecular flexibility index (Phi) is 6.40. The third-order valence-corrected chi connectivity index (χ3v) is 6.37. The van der Waals surface area contributed by atoms with Crippen LogP contribution in [0.25, 0.3) is 0 Å². The minimum absolute atomic E-state index is 0.106. The van der Waals surface area contributed by atoms with Crippen LogP contribution in [0, 0.1) is 0 Å². The molecule has 1 saturated heterocycles. The van der Waals surface area contributed by atoms with Crippen LogP contribution in [0.1, 0.15) is 16.7 Å². The number of halogens is 3. The van der Waals surface area contributed by atoms with Gasteiger partial charge in [-0.2, -0.15) is 13.2 Å². The summed E-state index contributed by atoms with van der Waals surface area (Å²) in [5.74, 6) is -0.296. The molecule has 0 saturated carbocycles. The van der Waals surface area contributed by atoms with Gasteiger partial charge in [-0.05, 0) is 29.8 Å². The second-order valence-corrected chi connectivity index (χ2v) is 8.78. The summed E-state index contributed by atoms with van der Waals surface area (Å²) < 4.78 is 39.4. The Morgan fingerprint density at radius 3 is 2.23 bits per heavy atom. The molecule has 0 atom stereocenters. The van der Waals surface area contributed by atoms with Gasteiger partial charge >= 0.3 is 6.18 Å². The fraction of sp³-hybridized carbons (Fsp3) is 0.259. The maximum atomic E-state index is 13.4. The van der Waals surface area contributed by atoms with Crippen LogP contribution < -0.4 is 4.90 Å². The number of amides is 1. The van der Waals surface area contributed by atoms with Crippen LogP contribution in [0.2, 0.25) is 0 Å². The number of nitrogens with zero attached hydrogens (tertiary/aromatic N) is 4. The SMILES string of the molecule is O=C1C(=Nc2cccc(C(F)(F)F)c2)c2ccccc2N1CN1CCN(Cc2ccccc2)CC1. The van der Waals surface area contributed by atoms with Gasteiger partial charge in [-0.1, -0.05) is 54.6 Å². The predicted octanol–water partition coefficient (Wildman–Crippen LogP) is 4.95. The van der Waals surface area contributed by atoms with Gasteiger partial charge in [0, 0.05) is 38.3 Å². The van der Waals surface area contributed by atoms with E-state index in [4.69, 9.17) is 0 Å². The second kappa shape index (κ2) is 9.64. The number of hydrogen-bond donors (Lipinski definition) is 0. The van der Waals surface area contributed by atoms with Crippen molar-refractivity contribution in [3.63, 3.8) is 0 Å². The average molecular weight is 479 g/mol. The first-order chi connectivity index (χ1) is 16.9. The Hall–Kier alpha value is -3.49. The smallest absolute Gasteiger partial charge is 0.297 e. The number of carbonyl (C=O) groups excluding carboxylic acids is 1. The van der Waals surface area contributed by atoms with Crippen molar-refractivity contribution in [2.24, 2.45) is 4.99 Å². The predicted molar refractivity (Wildman–Crippen MR) is 130 cm³/mol. The summed E-state index contributed by atoms with van der Waals surface area (Å²) in [4.78, 5) is 24.0. The maximum Gasteiger partial charge on any atom is 0.416 e. The van der Waals surface area contributed by atoms with Gasteiger partial charge in [-0.25, -0.2) is 4.99 Å². The van der Waals surface area contributed by atoms with Crippen LogP contribution >= 0.6 is 0 Å². The number of alkyl halides is 3. The highest BCUT2D eigenvalue weighted by Crippen LogP contribution is 2.34. The summed E-state index contributed by atoms with van der Waals surface area (Å²) >= 11 is 0. The molecule has 5 rings (SSSR count). The molecule has 2 aliphatic heterocycles. The van der Waals surface area contributed by atoms with E-state index >= 15 is 0 Å². The fourth-order valence-electron chi connectivity index (χ4n) is 4.52. The molecule has 0 aliphatic carbocycles. The van der Waals surface area contributed by atoms with E-state index in [1.54, 1.807) is 17.0 Å². The van der Waals surface area contributed by atoms with Gasteiger partial charge in [0.1, 0.15) is 5.71 Å².